The number of nitrogens with one attached hydrogen (secondary N) is 1. The molecular weight excluding hydrogens is 265 g/mol. The van der Waals surface area contributed by atoms with Gasteiger partial charge in [-0.15, -0.1) is 0 Å². The first-order valence-corrected chi connectivity index (χ1v) is 7.43. The van der Waals surface area contributed by atoms with Crippen LogP contribution in [0.1, 0.15) is 31.0 Å². The molecule has 0 bridgehead atoms. The number of halogens is 1. The van der Waals surface area contributed by atoms with E-state index in [1.807, 2.05) is 0 Å². The van der Waals surface area contributed by atoms with Crippen molar-refractivity contribution < 1.29 is 9.13 Å². The van der Waals surface area contributed by atoms with Gasteiger partial charge in [0, 0.05) is 0 Å². The summed E-state index contributed by atoms with van der Waals surface area (Å²) in [6.07, 6.45) is 1.04. The number of likely N-dealkylation sites (N-methyl/N-ethyl adjacent to an activating group) is 1. The molecule has 2 rings (SSSR count). The number of hydrogen-bond donors (Lipinski definition) is 1. The summed E-state index contributed by atoms with van der Waals surface area (Å²) >= 11 is 0. The van der Waals surface area contributed by atoms with Gasteiger partial charge < -0.3 is 10.1 Å². The first-order chi connectivity index (χ1) is 10.2. The lowest BCUT2D eigenvalue weighted by molar-refractivity contribution is 0.268. The van der Waals surface area contributed by atoms with Crippen LogP contribution >= 0.6 is 0 Å². The Bertz CT molecular complexity index is 536. The summed E-state index contributed by atoms with van der Waals surface area (Å²) in [6.45, 7) is 5.61. The molecule has 0 heterocycles. The molecule has 0 aliphatic carbocycles. The summed E-state index contributed by atoms with van der Waals surface area (Å²) in [6, 6.07) is 14.8. The standard InChI is InChI=1S/C18H22FNO/c1-3-14-5-7-15(8-6-14)18(20-4-2)13-21-17-11-9-16(19)10-12-17/h5-12,18,20H,3-4,13H2,1-2H3. The molecule has 21 heavy (non-hydrogen) atoms. The van der Waals surface area contributed by atoms with Crippen molar-refractivity contribution in [3.63, 3.8) is 0 Å². The third-order valence-corrected chi connectivity index (χ3v) is 3.47. The van der Waals surface area contributed by atoms with Gasteiger partial charge in [0.05, 0.1) is 6.04 Å². The van der Waals surface area contributed by atoms with Gasteiger partial charge in [-0.2, -0.15) is 0 Å². The Morgan fingerprint density at radius 2 is 1.67 bits per heavy atom. The van der Waals surface area contributed by atoms with E-state index in [2.05, 4.69) is 43.4 Å². The van der Waals surface area contributed by atoms with Gasteiger partial charge >= 0.3 is 0 Å². The summed E-state index contributed by atoms with van der Waals surface area (Å²) in [4.78, 5) is 0. The summed E-state index contributed by atoms with van der Waals surface area (Å²) in [5.74, 6) is 0.435. The van der Waals surface area contributed by atoms with Gasteiger partial charge in [0.2, 0.25) is 0 Å². The van der Waals surface area contributed by atoms with E-state index in [0.29, 0.717) is 12.4 Å². The molecule has 1 N–H and O–H groups in total. The molecule has 0 spiro atoms. The van der Waals surface area contributed by atoms with Crippen LogP contribution in [0.4, 0.5) is 4.39 Å². The van der Waals surface area contributed by atoms with E-state index < -0.39 is 0 Å². The maximum Gasteiger partial charge on any atom is 0.123 e. The van der Waals surface area contributed by atoms with Crippen LogP contribution in [0, 0.1) is 5.82 Å². The maximum absolute atomic E-state index is 12.9. The van der Waals surface area contributed by atoms with E-state index >= 15 is 0 Å². The average molecular weight is 287 g/mol. The molecule has 112 valence electrons. The van der Waals surface area contributed by atoms with Gasteiger partial charge in [-0.25, -0.2) is 4.39 Å². The van der Waals surface area contributed by atoms with Gasteiger partial charge in [-0.3, -0.25) is 0 Å². The molecule has 0 radical (unpaired) electrons. The van der Waals surface area contributed by atoms with Crippen molar-refractivity contribution in [2.45, 2.75) is 26.3 Å². The van der Waals surface area contributed by atoms with Crippen LogP contribution < -0.4 is 10.1 Å². The van der Waals surface area contributed by atoms with Gasteiger partial charge in [-0.05, 0) is 48.4 Å². The molecule has 1 unspecified atom stereocenters. The SMILES string of the molecule is CCNC(COc1ccc(F)cc1)c1ccc(CC)cc1. The third-order valence-electron chi connectivity index (χ3n) is 3.47. The Balaban J connectivity index is 2.02. The van der Waals surface area contributed by atoms with E-state index in [-0.39, 0.29) is 11.9 Å². The van der Waals surface area contributed by atoms with E-state index in [0.717, 1.165) is 13.0 Å². The lowest BCUT2D eigenvalue weighted by Gasteiger charge is -2.19. The fourth-order valence-corrected chi connectivity index (χ4v) is 2.22. The lowest BCUT2D eigenvalue weighted by atomic mass is 10.0. The number of hydrogen-bond acceptors (Lipinski definition) is 2. The number of aryl methyl sites for hydroxylation is 1. The average Bonchev–Trinajstić information content (AvgIpc) is 2.53. The van der Waals surface area contributed by atoms with E-state index in [1.165, 1.54) is 23.3 Å². The fraction of sp³-hybridized carbons (Fsp3) is 0.333. The molecule has 2 aromatic rings. The smallest absolute Gasteiger partial charge is 0.123 e. The summed E-state index contributed by atoms with van der Waals surface area (Å²) < 4.78 is 18.6. The van der Waals surface area contributed by atoms with Crippen LogP contribution in [0.2, 0.25) is 0 Å². The third kappa shape index (κ3) is 4.57. The van der Waals surface area contributed by atoms with Gasteiger partial charge in [-0.1, -0.05) is 38.1 Å². The van der Waals surface area contributed by atoms with Crippen molar-refractivity contribution in [2.24, 2.45) is 0 Å². The van der Waals surface area contributed by atoms with Crippen molar-refractivity contribution in [1.82, 2.24) is 5.32 Å². The summed E-state index contributed by atoms with van der Waals surface area (Å²) in [7, 11) is 0. The van der Waals surface area contributed by atoms with Crippen molar-refractivity contribution in [2.75, 3.05) is 13.2 Å². The normalized spacial score (nSPS) is 12.1. The second-order valence-electron chi connectivity index (χ2n) is 4.97. The minimum atomic E-state index is -0.249. The monoisotopic (exact) mass is 287 g/mol. The molecule has 2 nitrogen and oxygen atoms in total. The number of rotatable bonds is 7. The Labute approximate surface area is 126 Å². The highest BCUT2D eigenvalue weighted by Crippen LogP contribution is 2.18. The lowest BCUT2D eigenvalue weighted by Crippen LogP contribution is -2.26. The Morgan fingerprint density at radius 1 is 1.00 bits per heavy atom. The van der Waals surface area contributed by atoms with E-state index in [9.17, 15) is 4.39 Å². The van der Waals surface area contributed by atoms with Gasteiger partial charge in [0.15, 0.2) is 0 Å². The Kier molecular flexibility index (Phi) is 5.76. The second-order valence-corrected chi connectivity index (χ2v) is 4.97. The van der Waals surface area contributed by atoms with Crippen molar-refractivity contribution in [3.05, 3.63) is 65.5 Å². The zero-order valence-corrected chi connectivity index (χ0v) is 12.6. The minimum Gasteiger partial charge on any atom is -0.492 e. The predicted molar refractivity (Wildman–Crippen MR) is 84.1 cm³/mol. The molecule has 0 aliphatic rings. The predicted octanol–water partition coefficient (Wildman–Crippen LogP) is 4.12. The van der Waals surface area contributed by atoms with Crippen molar-refractivity contribution in [1.29, 1.82) is 0 Å². The highest BCUT2D eigenvalue weighted by Gasteiger charge is 2.11. The van der Waals surface area contributed by atoms with Gasteiger partial charge in [0.1, 0.15) is 18.2 Å². The molecule has 0 aromatic heterocycles. The molecule has 1 atom stereocenters. The fourth-order valence-electron chi connectivity index (χ4n) is 2.22. The quantitative estimate of drug-likeness (QED) is 0.827. The van der Waals surface area contributed by atoms with Crippen LogP contribution in [0.3, 0.4) is 0 Å². The van der Waals surface area contributed by atoms with Crippen LogP contribution in [-0.4, -0.2) is 13.2 Å². The van der Waals surface area contributed by atoms with Crippen LogP contribution in [0.25, 0.3) is 0 Å². The van der Waals surface area contributed by atoms with Crippen molar-refractivity contribution in [3.8, 4) is 5.75 Å². The molecule has 0 aliphatic heterocycles. The molecular formula is C18H22FNO. The molecule has 0 amide bonds. The molecule has 3 heteroatoms. The molecule has 0 fully saturated rings. The highest BCUT2D eigenvalue weighted by atomic mass is 19.1. The Morgan fingerprint density at radius 3 is 2.24 bits per heavy atom. The summed E-state index contributed by atoms with van der Waals surface area (Å²) in [5.41, 5.74) is 2.53. The largest absolute Gasteiger partial charge is 0.492 e. The maximum atomic E-state index is 12.9. The zero-order chi connectivity index (χ0) is 15.1. The van der Waals surface area contributed by atoms with Crippen LogP contribution in [0.15, 0.2) is 48.5 Å². The van der Waals surface area contributed by atoms with Crippen LogP contribution in [0.5, 0.6) is 5.75 Å². The molecule has 2 aromatic carbocycles. The van der Waals surface area contributed by atoms with Gasteiger partial charge in [0.25, 0.3) is 0 Å². The minimum absolute atomic E-state index is 0.131. The van der Waals surface area contributed by atoms with E-state index in [1.54, 1.807) is 12.1 Å². The van der Waals surface area contributed by atoms with Crippen LogP contribution in [-0.2, 0) is 6.42 Å². The van der Waals surface area contributed by atoms with Crippen molar-refractivity contribution >= 4 is 0 Å². The highest BCUT2D eigenvalue weighted by molar-refractivity contribution is 5.26. The first-order valence-electron chi connectivity index (χ1n) is 7.43. The van der Waals surface area contributed by atoms with E-state index in [4.69, 9.17) is 4.74 Å². The zero-order valence-electron chi connectivity index (χ0n) is 12.6. The summed E-state index contributed by atoms with van der Waals surface area (Å²) in [5, 5.41) is 3.42. The number of ether oxygens (including phenoxy) is 1. The Hall–Kier alpha value is -1.87. The first kappa shape index (κ1) is 15.5. The number of benzene rings is 2. The molecule has 0 saturated heterocycles. The topological polar surface area (TPSA) is 21.3 Å². The second kappa shape index (κ2) is 7.79. The molecule has 0 saturated carbocycles.